The Labute approximate surface area is 96.1 Å². The van der Waals surface area contributed by atoms with Crippen LogP contribution in [0.15, 0.2) is 30.4 Å². The lowest BCUT2D eigenvalue weighted by atomic mass is 9.99. The first kappa shape index (κ1) is 12.2. The van der Waals surface area contributed by atoms with Crippen LogP contribution in [0.2, 0.25) is 5.02 Å². The summed E-state index contributed by atoms with van der Waals surface area (Å²) < 4.78 is 0. The first-order valence-corrected chi connectivity index (χ1v) is 5.28. The van der Waals surface area contributed by atoms with Crippen molar-refractivity contribution in [1.82, 2.24) is 5.43 Å². The summed E-state index contributed by atoms with van der Waals surface area (Å²) in [4.78, 5) is 0. The first-order valence-electron chi connectivity index (χ1n) is 4.90. The Morgan fingerprint density at radius 2 is 2.20 bits per heavy atom. The van der Waals surface area contributed by atoms with Gasteiger partial charge in [0.1, 0.15) is 0 Å². The van der Waals surface area contributed by atoms with Crippen LogP contribution in [-0.2, 0) is 0 Å². The molecule has 0 aliphatic heterocycles. The fraction of sp³-hybridized carbons (Fsp3) is 0.333. The molecule has 1 atom stereocenters. The smallest absolute Gasteiger partial charge is 0.0497 e. The molecule has 1 unspecified atom stereocenters. The predicted octanol–water partition coefficient (Wildman–Crippen LogP) is 3.12. The van der Waals surface area contributed by atoms with Gasteiger partial charge in [0.2, 0.25) is 0 Å². The Morgan fingerprint density at radius 1 is 1.53 bits per heavy atom. The van der Waals surface area contributed by atoms with E-state index in [1.165, 1.54) is 0 Å². The minimum atomic E-state index is 0.0832. The number of nitrogens with two attached hydrogens (primary N) is 1. The summed E-state index contributed by atoms with van der Waals surface area (Å²) in [5.41, 5.74) is 6.12. The normalized spacial score (nSPS) is 12.5. The zero-order chi connectivity index (χ0) is 11.4. The van der Waals surface area contributed by atoms with E-state index < -0.39 is 0 Å². The van der Waals surface area contributed by atoms with Gasteiger partial charge in [-0.25, -0.2) is 0 Å². The third-order valence-corrected chi connectivity index (χ3v) is 2.44. The Hall–Kier alpha value is -0.830. The fourth-order valence-corrected chi connectivity index (χ4v) is 1.89. The van der Waals surface area contributed by atoms with Gasteiger partial charge in [-0.2, -0.15) is 0 Å². The lowest BCUT2D eigenvalue weighted by Gasteiger charge is -2.17. The molecule has 0 fully saturated rings. The van der Waals surface area contributed by atoms with Gasteiger partial charge in [0.05, 0.1) is 0 Å². The molecule has 2 nitrogen and oxygen atoms in total. The number of nitrogens with one attached hydrogen (secondary N) is 1. The van der Waals surface area contributed by atoms with Crippen molar-refractivity contribution in [2.75, 3.05) is 0 Å². The zero-order valence-electron chi connectivity index (χ0n) is 9.18. The van der Waals surface area contributed by atoms with Crippen LogP contribution in [0.1, 0.15) is 30.5 Å². The van der Waals surface area contributed by atoms with E-state index in [9.17, 15) is 0 Å². The minimum Gasteiger partial charge on any atom is -0.271 e. The molecular weight excluding hydrogens is 208 g/mol. The monoisotopic (exact) mass is 224 g/mol. The molecular formula is C12H17ClN2. The summed E-state index contributed by atoms with van der Waals surface area (Å²) in [5.74, 6) is 5.52. The van der Waals surface area contributed by atoms with Gasteiger partial charge in [0, 0.05) is 11.1 Å². The largest absolute Gasteiger partial charge is 0.271 e. The van der Waals surface area contributed by atoms with Crippen molar-refractivity contribution in [3.63, 3.8) is 0 Å². The van der Waals surface area contributed by atoms with Gasteiger partial charge in [-0.15, -0.1) is 6.58 Å². The molecule has 0 aliphatic carbocycles. The van der Waals surface area contributed by atoms with Crippen molar-refractivity contribution in [1.29, 1.82) is 0 Å². The maximum absolute atomic E-state index is 6.00. The minimum absolute atomic E-state index is 0.0832. The Morgan fingerprint density at radius 3 is 2.67 bits per heavy atom. The molecule has 3 heteroatoms. The lowest BCUT2D eigenvalue weighted by Crippen LogP contribution is -2.28. The summed E-state index contributed by atoms with van der Waals surface area (Å²) in [5, 5.41) is 0.743. The van der Waals surface area contributed by atoms with Crippen molar-refractivity contribution < 1.29 is 0 Å². The summed E-state index contributed by atoms with van der Waals surface area (Å²) in [6, 6.07) is 6.03. The molecule has 0 bridgehead atoms. The van der Waals surface area contributed by atoms with Gasteiger partial charge in [-0.3, -0.25) is 11.3 Å². The standard InChI is InChI=1S/C12H17ClN2/c1-8(2)4-12(15-14)10-5-9(3)6-11(13)7-10/h5-7,12,15H,1,4,14H2,2-3H3. The molecule has 82 valence electrons. The molecule has 15 heavy (non-hydrogen) atoms. The highest BCUT2D eigenvalue weighted by atomic mass is 35.5. The van der Waals surface area contributed by atoms with Crippen LogP contribution in [0.25, 0.3) is 0 Å². The van der Waals surface area contributed by atoms with Crippen LogP contribution in [0, 0.1) is 6.92 Å². The molecule has 0 saturated carbocycles. The van der Waals surface area contributed by atoms with E-state index in [0.717, 1.165) is 28.1 Å². The number of rotatable bonds is 4. The average Bonchev–Trinajstić information content (AvgIpc) is 2.12. The van der Waals surface area contributed by atoms with Crippen LogP contribution >= 0.6 is 11.6 Å². The molecule has 3 N–H and O–H groups in total. The second kappa shape index (κ2) is 5.31. The maximum atomic E-state index is 6.00. The highest BCUT2D eigenvalue weighted by Crippen LogP contribution is 2.23. The van der Waals surface area contributed by atoms with E-state index in [1.54, 1.807) is 0 Å². The van der Waals surface area contributed by atoms with E-state index in [1.807, 2.05) is 26.0 Å². The van der Waals surface area contributed by atoms with Crippen molar-refractivity contribution in [2.45, 2.75) is 26.3 Å². The highest BCUT2D eigenvalue weighted by molar-refractivity contribution is 6.30. The number of halogens is 1. The van der Waals surface area contributed by atoms with Crippen molar-refractivity contribution in [3.05, 3.63) is 46.5 Å². The van der Waals surface area contributed by atoms with Crippen LogP contribution in [0.5, 0.6) is 0 Å². The van der Waals surface area contributed by atoms with Crippen molar-refractivity contribution in [3.8, 4) is 0 Å². The SMILES string of the molecule is C=C(C)CC(NN)c1cc(C)cc(Cl)c1. The number of benzene rings is 1. The number of hydrogen-bond acceptors (Lipinski definition) is 2. The van der Waals surface area contributed by atoms with Crippen LogP contribution < -0.4 is 11.3 Å². The topological polar surface area (TPSA) is 38.0 Å². The van der Waals surface area contributed by atoms with E-state index in [2.05, 4.69) is 18.1 Å². The van der Waals surface area contributed by atoms with E-state index in [4.69, 9.17) is 17.4 Å². The second-order valence-corrected chi connectivity index (χ2v) is 4.38. The van der Waals surface area contributed by atoms with Gasteiger partial charge < -0.3 is 0 Å². The highest BCUT2D eigenvalue weighted by Gasteiger charge is 2.10. The van der Waals surface area contributed by atoms with Gasteiger partial charge >= 0.3 is 0 Å². The molecule has 0 amide bonds. The Bertz CT molecular complexity index is 340. The molecule has 1 aromatic carbocycles. The van der Waals surface area contributed by atoms with Gasteiger partial charge in [-0.1, -0.05) is 23.2 Å². The van der Waals surface area contributed by atoms with Crippen LogP contribution in [0.4, 0.5) is 0 Å². The van der Waals surface area contributed by atoms with Crippen LogP contribution in [-0.4, -0.2) is 0 Å². The molecule has 0 heterocycles. The summed E-state index contributed by atoms with van der Waals surface area (Å²) >= 11 is 6.00. The van der Waals surface area contributed by atoms with Crippen LogP contribution in [0.3, 0.4) is 0 Å². The first-order chi connectivity index (χ1) is 7.02. The zero-order valence-corrected chi connectivity index (χ0v) is 9.93. The number of aryl methyl sites for hydroxylation is 1. The molecule has 0 aliphatic rings. The molecule has 1 rings (SSSR count). The predicted molar refractivity (Wildman–Crippen MR) is 65.7 cm³/mol. The number of hydrazine groups is 1. The molecule has 0 aromatic heterocycles. The molecule has 0 radical (unpaired) electrons. The Kier molecular flexibility index (Phi) is 4.33. The third-order valence-electron chi connectivity index (χ3n) is 2.22. The molecule has 0 saturated heterocycles. The molecule has 1 aromatic rings. The summed E-state index contributed by atoms with van der Waals surface area (Å²) in [7, 11) is 0. The third kappa shape index (κ3) is 3.67. The van der Waals surface area contributed by atoms with E-state index in [0.29, 0.717) is 0 Å². The maximum Gasteiger partial charge on any atom is 0.0497 e. The van der Waals surface area contributed by atoms with E-state index >= 15 is 0 Å². The summed E-state index contributed by atoms with van der Waals surface area (Å²) in [6.07, 6.45) is 0.816. The van der Waals surface area contributed by atoms with E-state index in [-0.39, 0.29) is 6.04 Å². The lowest BCUT2D eigenvalue weighted by molar-refractivity contribution is 0.550. The average molecular weight is 225 g/mol. The summed E-state index contributed by atoms with van der Waals surface area (Å²) in [6.45, 7) is 7.89. The quantitative estimate of drug-likeness (QED) is 0.469. The van der Waals surface area contributed by atoms with Gasteiger partial charge in [0.25, 0.3) is 0 Å². The van der Waals surface area contributed by atoms with Crippen molar-refractivity contribution in [2.24, 2.45) is 5.84 Å². The Balaban J connectivity index is 2.95. The van der Waals surface area contributed by atoms with Crippen molar-refractivity contribution >= 4 is 11.6 Å². The fourth-order valence-electron chi connectivity index (χ4n) is 1.59. The number of hydrogen-bond donors (Lipinski definition) is 2. The molecule has 0 spiro atoms. The van der Waals surface area contributed by atoms with Gasteiger partial charge in [0.15, 0.2) is 0 Å². The van der Waals surface area contributed by atoms with Gasteiger partial charge in [-0.05, 0) is 43.5 Å². The second-order valence-electron chi connectivity index (χ2n) is 3.94.